The lowest BCUT2D eigenvalue weighted by atomic mass is 9.98. The molecule has 0 unspecified atom stereocenters. The van der Waals surface area contributed by atoms with Crippen molar-refractivity contribution in [1.29, 1.82) is 0 Å². The van der Waals surface area contributed by atoms with Gasteiger partial charge in [0.2, 0.25) is 12.7 Å². The molecule has 1 atom stereocenters. The molecule has 0 aliphatic carbocycles. The van der Waals surface area contributed by atoms with E-state index in [0.29, 0.717) is 12.5 Å². The van der Waals surface area contributed by atoms with Crippen molar-refractivity contribution in [1.82, 2.24) is 15.1 Å². The number of carbonyl (C=O) groups excluding carboxylic acids is 1. The lowest BCUT2D eigenvalue weighted by molar-refractivity contribution is -0.127. The molecular weight excluding hydrogens is 338 g/mol. The normalized spacial score (nSPS) is 19.6. The summed E-state index contributed by atoms with van der Waals surface area (Å²) in [4.78, 5) is 14.4. The van der Waals surface area contributed by atoms with Gasteiger partial charge in [-0.3, -0.25) is 4.79 Å². The first-order valence-electron chi connectivity index (χ1n) is 8.36. The highest BCUT2D eigenvalue weighted by atomic mass is 32.1. The third kappa shape index (κ3) is 3.51. The Morgan fingerprint density at radius 2 is 2.20 bits per heavy atom. The smallest absolute Gasteiger partial charge is 0.246 e. The van der Waals surface area contributed by atoms with Crippen molar-refractivity contribution in [3.63, 3.8) is 0 Å². The van der Waals surface area contributed by atoms with Crippen molar-refractivity contribution >= 4 is 23.3 Å². The molecular formula is C18H19N3O3S. The summed E-state index contributed by atoms with van der Waals surface area (Å²) in [6, 6.07) is 5.66. The Bertz CT molecular complexity index is 818. The van der Waals surface area contributed by atoms with Crippen LogP contribution in [0.2, 0.25) is 0 Å². The van der Waals surface area contributed by atoms with Crippen molar-refractivity contribution < 1.29 is 14.3 Å². The van der Waals surface area contributed by atoms with E-state index in [2.05, 4.69) is 10.2 Å². The van der Waals surface area contributed by atoms with E-state index in [0.717, 1.165) is 46.5 Å². The largest absolute Gasteiger partial charge is 0.454 e. The summed E-state index contributed by atoms with van der Waals surface area (Å²) in [6.45, 7) is 3.71. The molecule has 1 fully saturated rings. The Labute approximate surface area is 150 Å². The van der Waals surface area contributed by atoms with Crippen LogP contribution in [0.5, 0.6) is 11.5 Å². The minimum absolute atomic E-state index is 0.0311. The number of benzene rings is 1. The zero-order valence-electron chi connectivity index (χ0n) is 14.0. The Morgan fingerprint density at radius 3 is 3.04 bits per heavy atom. The molecule has 1 amide bonds. The van der Waals surface area contributed by atoms with Crippen LogP contribution in [-0.2, 0) is 4.79 Å². The summed E-state index contributed by atoms with van der Waals surface area (Å²) in [5.41, 5.74) is 0.922. The predicted molar refractivity (Wildman–Crippen MR) is 94.8 cm³/mol. The second-order valence-corrected chi connectivity index (χ2v) is 7.44. The number of hydrogen-bond acceptors (Lipinski definition) is 6. The number of fused-ring (bicyclic) bond motifs is 1. The molecule has 3 heterocycles. The van der Waals surface area contributed by atoms with Crippen LogP contribution in [0.25, 0.3) is 6.08 Å². The number of carbonyl (C=O) groups is 1. The molecule has 0 spiro atoms. The van der Waals surface area contributed by atoms with Gasteiger partial charge in [0, 0.05) is 25.1 Å². The topological polar surface area (TPSA) is 64.6 Å². The van der Waals surface area contributed by atoms with E-state index in [1.807, 2.05) is 36.1 Å². The average Bonchev–Trinajstić information content (AvgIpc) is 3.28. The fraction of sp³-hybridized carbons (Fsp3) is 0.389. The second kappa shape index (κ2) is 6.84. The van der Waals surface area contributed by atoms with Gasteiger partial charge in [0.05, 0.1) is 0 Å². The molecule has 6 nitrogen and oxygen atoms in total. The van der Waals surface area contributed by atoms with Gasteiger partial charge in [0.25, 0.3) is 0 Å². The standard InChI is InChI=1S/C18H19N3O3S/c1-12-19-20-18(25-12)14-3-2-8-21(10-14)17(22)7-5-13-4-6-15-16(9-13)24-11-23-15/h4-7,9,14H,2-3,8,10-11H2,1H3/b7-5+/t14-/m1/s1. The Hall–Kier alpha value is -2.41. The molecule has 0 radical (unpaired) electrons. The minimum atomic E-state index is 0.0311. The van der Waals surface area contributed by atoms with E-state index in [1.54, 1.807) is 17.4 Å². The minimum Gasteiger partial charge on any atom is -0.454 e. The van der Waals surface area contributed by atoms with E-state index < -0.39 is 0 Å². The maximum atomic E-state index is 12.5. The van der Waals surface area contributed by atoms with Crippen molar-refractivity contribution in [2.75, 3.05) is 19.9 Å². The third-order valence-electron chi connectivity index (χ3n) is 4.44. The number of aryl methyl sites for hydroxylation is 1. The summed E-state index contributed by atoms with van der Waals surface area (Å²) < 4.78 is 10.7. The molecule has 1 aromatic carbocycles. The Balaban J connectivity index is 1.42. The fourth-order valence-electron chi connectivity index (χ4n) is 3.15. The summed E-state index contributed by atoms with van der Waals surface area (Å²) in [7, 11) is 0. The Kier molecular flexibility index (Phi) is 4.40. The molecule has 0 N–H and O–H groups in total. The highest BCUT2D eigenvalue weighted by molar-refractivity contribution is 7.11. The number of amides is 1. The van der Waals surface area contributed by atoms with Gasteiger partial charge in [0.1, 0.15) is 10.0 Å². The van der Waals surface area contributed by atoms with Gasteiger partial charge in [-0.25, -0.2) is 0 Å². The third-order valence-corrected chi connectivity index (χ3v) is 5.44. The van der Waals surface area contributed by atoms with E-state index >= 15 is 0 Å². The predicted octanol–water partition coefficient (Wildman–Crippen LogP) is 2.99. The lowest BCUT2D eigenvalue weighted by Crippen LogP contribution is -2.38. The molecule has 130 valence electrons. The van der Waals surface area contributed by atoms with Gasteiger partial charge in [-0.1, -0.05) is 6.07 Å². The van der Waals surface area contributed by atoms with Gasteiger partial charge >= 0.3 is 0 Å². The van der Waals surface area contributed by atoms with Crippen LogP contribution in [0.15, 0.2) is 24.3 Å². The molecule has 2 aliphatic rings. The summed E-state index contributed by atoms with van der Waals surface area (Å²) in [5.74, 6) is 1.79. The number of nitrogens with zero attached hydrogens (tertiary/aromatic N) is 3. The highest BCUT2D eigenvalue weighted by Crippen LogP contribution is 2.33. The van der Waals surface area contributed by atoms with E-state index in [9.17, 15) is 4.79 Å². The van der Waals surface area contributed by atoms with Gasteiger partial charge in [-0.05, 0) is 43.5 Å². The summed E-state index contributed by atoms with van der Waals surface area (Å²) in [6.07, 6.45) is 5.51. The van der Waals surface area contributed by atoms with Crippen LogP contribution in [0.1, 0.15) is 34.3 Å². The van der Waals surface area contributed by atoms with E-state index in [4.69, 9.17) is 9.47 Å². The number of likely N-dealkylation sites (tertiary alicyclic amines) is 1. The number of ether oxygens (including phenoxy) is 2. The summed E-state index contributed by atoms with van der Waals surface area (Å²) >= 11 is 1.63. The monoisotopic (exact) mass is 357 g/mol. The Morgan fingerprint density at radius 1 is 1.32 bits per heavy atom. The molecule has 1 saturated heterocycles. The molecule has 2 aromatic rings. The zero-order chi connectivity index (χ0) is 17.2. The molecule has 2 aliphatic heterocycles. The van der Waals surface area contributed by atoms with Crippen LogP contribution in [0.4, 0.5) is 0 Å². The number of piperidine rings is 1. The van der Waals surface area contributed by atoms with E-state index in [-0.39, 0.29) is 12.7 Å². The molecule has 25 heavy (non-hydrogen) atoms. The van der Waals surface area contributed by atoms with Crippen LogP contribution in [0, 0.1) is 6.92 Å². The molecule has 0 bridgehead atoms. The van der Waals surface area contributed by atoms with Gasteiger partial charge in [-0.15, -0.1) is 21.5 Å². The van der Waals surface area contributed by atoms with Crippen LogP contribution in [-0.4, -0.2) is 40.9 Å². The van der Waals surface area contributed by atoms with Crippen LogP contribution >= 0.6 is 11.3 Å². The average molecular weight is 357 g/mol. The quantitative estimate of drug-likeness (QED) is 0.790. The van der Waals surface area contributed by atoms with Crippen molar-refractivity contribution in [3.05, 3.63) is 39.9 Å². The van der Waals surface area contributed by atoms with Crippen LogP contribution < -0.4 is 9.47 Å². The van der Waals surface area contributed by atoms with Gasteiger partial charge in [0.15, 0.2) is 11.5 Å². The first-order chi connectivity index (χ1) is 12.2. The SMILES string of the molecule is Cc1nnc([C@@H]2CCCN(C(=O)/C=C/c3ccc4c(c3)OCO4)C2)s1. The number of aromatic nitrogens is 2. The number of hydrogen-bond donors (Lipinski definition) is 0. The summed E-state index contributed by atoms with van der Waals surface area (Å²) in [5, 5.41) is 10.4. The first-order valence-corrected chi connectivity index (χ1v) is 9.17. The first kappa shape index (κ1) is 16.1. The maximum Gasteiger partial charge on any atom is 0.246 e. The van der Waals surface area contributed by atoms with E-state index in [1.165, 1.54) is 0 Å². The molecule has 4 rings (SSSR count). The molecule has 1 aromatic heterocycles. The van der Waals surface area contributed by atoms with Crippen LogP contribution in [0.3, 0.4) is 0 Å². The lowest BCUT2D eigenvalue weighted by Gasteiger charge is -2.30. The van der Waals surface area contributed by atoms with Crippen molar-refractivity contribution in [3.8, 4) is 11.5 Å². The second-order valence-electron chi connectivity index (χ2n) is 6.23. The van der Waals surface area contributed by atoms with Crippen molar-refractivity contribution in [2.45, 2.75) is 25.7 Å². The zero-order valence-corrected chi connectivity index (χ0v) is 14.8. The maximum absolute atomic E-state index is 12.5. The number of rotatable bonds is 3. The molecule has 7 heteroatoms. The van der Waals surface area contributed by atoms with Crippen molar-refractivity contribution in [2.24, 2.45) is 0 Å². The van der Waals surface area contributed by atoms with Gasteiger partial charge in [-0.2, -0.15) is 0 Å². The fourth-order valence-corrected chi connectivity index (χ4v) is 3.97. The van der Waals surface area contributed by atoms with Gasteiger partial charge < -0.3 is 14.4 Å². The highest BCUT2D eigenvalue weighted by Gasteiger charge is 2.26. The molecule has 0 saturated carbocycles.